The first-order valence-corrected chi connectivity index (χ1v) is 8.31. The largest absolute Gasteiger partial charge is 0.434 e. The Kier molecular flexibility index (Phi) is 5.61. The van der Waals surface area contributed by atoms with E-state index in [-0.39, 0.29) is 0 Å². The number of rotatable bonds is 5. The van der Waals surface area contributed by atoms with E-state index in [4.69, 9.17) is 16.0 Å². The van der Waals surface area contributed by atoms with Crippen molar-refractivity contribution < 1.29 is 4.42 Å². The molecule has 130 valence electrons. The molecule has 26 heavy (non-hydrogen) atoms. The van der Waals surface area contributed by atoms with E-state index >= 15 is 0 Å². The number of hydrogen-bond donors (Lipinski definition) is 1. The lowest BCUT2D eigenvalue weighted by Gasteiger charge is -2.05. The molecule has 6 heteroatoms. The number of nitrogens with zero attached hydrogens (tertiary/aromatic N) is 3. The summed E-state index contributed by atoms with van der Waals surface area (Å²) in [7, 11) is 0. The Hall–Kier alpha value is -3.18. The average molecular weight is 365 g/mol. The second-order valence-electron chi connectivity index (χ2n) is 5.36. The number of aliphatic imine (C=N–C) groups is 1. The van der Waals surface area contributed by atoms with Crippen molar-refractivity contribution in [3.05, 3.63) is 78.6 Å². The zero-order chi connectivity index (χ0) is 18.4. The summed E-state index contributed by atoms with van der Waals surface area (Å²) in [5.41, 5.74) is 1.60. The Bertz CT molecular complexity index is 961. The first-order chi connectivity index (χ1) is 12.7. The van der Waals surface area contributed by atoms with Crippen LogP contribution >= 0.6 is 11.6 Å². The molecule has 0 aliphatic carbocycles. The summed E-state index contributed by atoms with van der Waals surface area (Å²) in [6.45, 7) is 5.39. The summed E-state index contributed by atoms with van der Waals surface area (Å²) in [5.74, 6) is 2.45. The highest BCUT2D eigenvalue weighted by Gasteiger charge is 2.10. The second-order valence-corrected chi connectivity index (χ2v) is 5.80. The highest BCUT2D eigenvalue weighted by molar-refractivity contribution is 6.31. The summed E-state index contributed by atoms with van der Waals surface area (Å²) in [6.07, 6.45) is 4.71. The number of allylic oxidation sites excluding steroid dienone is 2. The van der Waals surface area contributed by atoms with Crippen LogP contribution < -0.4 is 5.32 Å². The Morgan fingerprint density at radius 2 is 2.00 bits per heavy atom. The lowest BCUT2D eigenvalue weighted by Crippen LogP contribution is -2.08. The number of oxazole rings is 1. The maximum Gasteiger partial charge on any atom is 0.226 e. The number of benzene rings is 1. The van der Waals surface area contributed by atoms with Crippen molar-refractivity contribution in [2.45, 2.75) is 6.92 Å². The van der Waals surface area contributed by atoms with Crippen LogP contribution in [0.4, 0.5) is 5.82 Å². The molecule has 2 aromatic heterocycles. The topological polar surface area (TPSA) is 63.3 Å². The first kappa shape index (κ1) is 17.6. The van der Waals surface area contributed by atoms with Crippen LogP contribution in [0.15, 0.2) is 88.0 Å². The molecule has 0 atom stereocenters. The fraction of sp³-hybridized carbons (Fsp3) is 0.0500. The average Bonchev–Trinajstić information content (AvgIpc) is 3.17. The van der Waals surface area contributed by atoms with E-state index in [1.165, 1.54) is 12.3 Å². The van der Waals surface area contributed by atoms with Gasteiger partial charge in [0, 0.05) is 11.8 Å². The molecule has 0 aliphatic heterocycles. The Morgan fingerprint density at radius 3 is 2.77 bits per heavy atom. The summed E-state index contributed by atoms with van der Waals surface area (Å²) < 4.78 is 5.84. The van der Waals surface area contributed by atoms with Crippen molar-refractivity contribution in [3.63, 3.8) is 0 Å². The van der Waals surface area contributed by atoms with Gasteiger partial charge in [-0.3, -0.25) is 0 Å². The smallest absolute Gasteiger partial charge is 0.226 e. The summed E-state index contributed by atoms with van der Waals surface area (Å²) in [4.78, 5) is 13.1. The van der Waals surface area contributed by atoms with Gasteiger partial charge in [-0.05, 0) is 37.3 Å². The number of halogens is 1. The van der Waals surface area contributed by atoms with Crippen molar-refractivity contribution in [1.82, 2.24) is 9.97 Å². The molecule has 0 aliphatic rings. The van der Waals surface area contributed by atoms with Crippen LogP contribution in [0.2, 0.25) is 0 Å². The second kappa shape index (κ2) is 8.27. The highest BCUT2D eigenvalue weighted by Crippen LogP contribution is 2.25. The minimum Gasteiger partial charge on any atom is -0.434 e. The molecule has 0 unspecified atom stereocenters. The molecule has 2 heterocycles. The molecule has 5 nitrogen and oxygen atoms in total. The fourth-order valence-electron chi connectivity index (χ4n) is 2.18. The van der Waals surface area contributed by atoms with Crippen molar-refractivity contribution in [1.29, 1.82) is 0 Å². The number of anilines is 1. The van der Waals surface area contributed by atoms with Crippen molar-refractivity contribution in [2.75, 3.05) is 5.32 Å². The van der Waals surface area contributed by atoms with Crippen LogP contribution in [0.25, 0.3) is 22.9 Å². The molecule has 0 fully saturated rings. The van der Waals surface area contributed by atoms with Crippen molar-refractivity contribution in [3.8, 4) is 22.9 Å². The summed E-state index contributed by atoms with van der Waals surface area (Å²) >= 11 is 5.84. The van der Waals surface area contributed by atoms with Gasteiger partial charge >= 0.3 is 0 Å². The molecule has 0 amide bonds. The van der Waals surface area contributed by atoms with Gasteiger partial charge in [0.15, 0.2) is 5.76 Å². The minimum atomic E-state index is 0.461. The molecule has 0 bridgehead atoms. The van der Waals surface area contributed by atoms with E-state index in [1.807, 2.05) is 55.5 Å². The van der Waals surface area contributed by atoms with Crippen LogP contribution in [-0.2, 0) is 0 Å². The van der Waals surface area contributed by atoms with Gasteiger partial charge < -0.3 is 9.73 Å². The highest BCUT2D eigenvalue weighted by atomic mass is 35.5. The molecular formula is C20H17ClN4O. The van der Waals surface area contributed by atoms with Crippen LogP contribution in [-0.4, -0.2) is 15.8 Å². The van der Waals surface area contributed by atoms with Gasteiger partial charge in [-0.15, -0.1) is 0 Å². The van der Waals surface area contributed by atoms with Crippen LogP contribution in [0.3, 0.4) is 0 Å². The number of hydrogen-bond acceptors (Lipinski definition) is 4. The van der Waals surface area contributed by atoms with E-state index in [1.54, 1.807) is 6.20 Å². The Balaban J connectivity index is 1.80. The van der Waals surface area contributed by atoms with Gasteiger partial charge in [0.2, 0.25) is 5.89 Å². The number of amidine groups is 1. The van der Waals surface area contributed by atoms with E-state index in [2.05, 4.69) is 26.9 Å². The number of nitrogens with one attached hydrogen (secondary N) is 1. The van der Waals surface area contributed by atoms with E-state index in [0.29, 0.717) is 34.0 Å². The summed E-state index contributed by atoms with van der Waals surface area (Å²) in [6, 6.07) is 15.3. The zero-order valence-electron chi connectivity index (χ0n) is 14.2. The van der Waals surface area contributed by atoms with Gasteiger partial charge in [-0.25, -0.2) is 15.0 Å². The van der Waals surface area contributed by atoms with E-state index in [9.17, 15) is 0 Å². The first-order valence-electron chi connectivity index (χ1n) is 7.94. The van der Waals surface area contributed by atoms with Crippen molar-refractivity contribution in [2.24, 2.45) is 4.99 Å². The molecule has 3 aromatic rings. The van der Waals surface area contributed by atoms with Gasteiger partial charge in [0.25, 0.3) is 0 Å². The molecule has 0 saturated carbocycles. The van der Waals surface area contributed by atoms with Gasteiger partial charge in [0.05, 0.1) is 11.2 Å². The lowest BCUT2D eigenvalue weighted by atomic mass is 10.2. The Morgan fingerprint density at radius 1 is 1.19 bits per heavy atom. The molecule has 3 rings (SSSR count). The third kappa shape index (κ3) is 4.46. The van der Waals surface area contributed by atoms with E-state index < -0.39 is 0 Å². The quantitative estimate of drug-likeness (QED) is 0.369. The van der Waals surface area contributed by atoms with E-state index in [0.717, 1.165) is 5.56 Å². The number of aromatic nitrogens is 2. The van der Waals surface area contributed by atoms with Crippen LogP contribution in [0.5, 0.6) is 0 Å². The van der Waals surface area contributed by atoms with Gasteiger partial charge in [-0.2, -0.15) is 0 Å². The zero-order valence-corrected chi connectivity index (χ0v) is 14.9. The maximum atomic E-state index is 5.84. The molecular weight excluding hydrogens is 348 g/mol. The molecule has 1 aromatic carbocycles. The number of pyridine rings is 1. The molecule has 0 radical (unpaired) electrons. The lowest BCUT2D eigenvalue weighted by molar-refractivity contribution is 0.586. The third-order valence-electron chi connectivity index (χ3n) is 3.41. The van der Waals surface area contributed by atoms with Gasteiger partial charge in [-0.1, -0.05) is 42.4 Å². The normalized spacial score (nSPS) is 12.1. The molecule has 0 saturated heterocycles. The maximum absolute atomic E-state index is 5.84. The van der Waals surface area contributed by atoms with Gasteiger partial charge in [0.1, 0.15) is 17.3 Å². The minimum absolute atomic E-state index is 0.461. The Labute approximate surface area is 156 Å². The monoisotopic (exact) mass is 364 g/mol. The van der Waals surface area contributed by atoms with Crippen molar-refractivity contribution >= 4 is 23.3 Å². The van der Waals surface area contributed by atoms with Crippen LogP contribution in [0.1, 0.15) is 6.92 Å². The fourth-order valence-corrected chi connectivity index (χ4v) is 2.23. The predicted octanol–water partition coefficient (Wildman–Crippen LogP) is 5.50. The molecule has 1 N–H and O–H groups in total. The summed E-state index contributed by atoms with van der Waals surface area (Å²) in [5, 5.41) is 3.57. The van der Waals surface area contributed by atoms with Crippen LogP contribution in [0, 0.1) is 0 Å². The third-order valence-corrected chi connectivity index (χ3v) is 3.67. The SMILES string of the molecule is C=C/C(Cl)=C\N=C(C)Nc1cccc(-c2cnc(-c3ccccc3)o2)n1. The predicted molar refractivity (Wildman–Crippen MR) is 106 cm³/mol. The standard InChI is InChI=1S/C20H17ClN4O/c1-3-16(21)12-22-14(2)24-19-11-7-10-17(25-19)18-13-23-20(26-18)15-8-5-4-6-9-15/h3-13H,1H2,2H3,(H,22,24,25)/b16-12+. The molecule has 0 spiro atoms.